The molecule has 0 aliphatic heterocycles. The summed E-state index contributed by atoms with van der Waals surface area (Å²) in [7, 11) is 2.04. The van der Waals surface area contributed by atoms with Crippen LogP contribution < -0.4 is 0 Å². The van der Waals surface area contributed by atoms with E-state index in [9.17, 15) is 0 Å². The quantitative estimate of drug-likeness (QED) is 0.496. The molecule has 4 rings (SSSR count). The SMILES string of the molecule is Cc1ccc2cc(CSc3nnc(C4CC4)n3C)c(Cl)nc2c1C. The summed E-state index contributed by atoms with van der Waals surface area (Å²) < 4.78 is 2.11. The van der Waals surface area contributed by atoms with Crippen molar-refractivity contribution in [3.05, 3.63) is 45.9 Å². The predicted octanol–water partition coefficient (Wildman–Crippen LogP) is 4.80. The van der Waals surface area contributed by atoms with Crippen LogP contribution in [0.2, 0.25) is 5.15 Å². The molecule has 0 unspecified atom stereocenters. The molecule has 0 atom stereocenters. The normalized spacial score (nSPS) is 14.5. The molecule has 3 aromatic rings. The third-order valence-electron chi connectivity index (χ3n) is 4.71. The Labute approximate surface area is 150 Å². The fraction of sp³-hybridized carbons (Fsp3) is 0.389. The lowest BCUT2D eigenvalue weighted by molar-refractivity contribution is 0.736. The van der Waals surface area contributed by atoms with Gasteiger partial charge in [0.25, 0.3) is 0 Å². The minimum absolute atomic E-state index is 0.577. The highest BCUT2D eigenvalue weighted by Crippen LogP contribution is 2.40. The van der Waals surface area contributed by atoms with E-state index in [1.165, 1.54) is 24.0 Å². The maximum absolute atomic E-state index is 6.43. The first kappa shape index (κ1) is 15.9. The van der Waals surface area contributed by atoms with Crippen LogP contribution in [0.5, 0.6) is 0 Å². The summed E-state index contributed by atoms with van der Waals surface area (Å²) in [5.41, 5.74) is 4.45. The summed E-state index contributed by atoms with van der Waals surface area (Å²) in [6, 6.07) is 6.39. The topological polar surface area (TPSA) is 43.6 Å². The van der Waals surface area contributed by atoms with Crippen LogP contribution in [0.3, 0.4) is 0 Å². The summed E-state index contributed by atoms with van der Waals surface area (Å²) in [5.74, 6) is 2.45. The van der Waals surface area contributed by atoms with E-state index in [0.29, 0.717) is 11.1 Å². The van der Waals surface area contributed by atoms with Crippen LogP contribution in [0.15, 0.2) is 23.4 Å². The van der Waals surface area contributed by atoms with Crippen molar-refractivity contribution in [3.8, 4) is 0 Å². The van der Waals surface area contributed by atoms with Gasteiger partial charge >= 0.3 is 0 Å². The minimum Gasteiger partial charge on any atom is -0.309 e. The number of halogens is 1. The number of rotatable bonds is 4. The molecule has 1 aliphatic carbocycles. The first-order chi connectivity index (χ1) is 11.5. The van der Waals surface area contributed by atoms with Crippen LogP contribution in [0.1, 0.15) is 41.3 Å². The number of aromatic nitrogens is 4. The molecule has 124 valence electrons. The average Bonchev–Trinajstić information content (AvgIpc) is 3.34. The van der Waals surface area contributed by atoms with Crippen LogP contribution in [-0.4, -0.2) is 19.7 Å². The molecule has 0 amide bonds. The zero-order chi connectivity index (χ0) is 16.8. The molecule has 0 bridgehead atoms. The summed E-state index contributed by atoms with van der Waals surface area (Å²) in [5, 5.41) is 11.3. The van der Waals surface area contributed by atoms with Gasteiger partial charge in [-0.2, -0.15) is 0 Å². The molecule has 0 radical (unpaired) electrons. The van der Waals surface area contributed by atoms with E-state index >= 15 is 0 Å². The fourth-order valence-corrected chi connectivity index (χ4v) is 4.07. The lowest BCUT2D eigenvalue weighted by Gasteiger charge is -2.09. The second kappa shape index (κ2) is 6.05. The molecule has 1 saturated carbocycles. The molecular formula is C18H19ClN4S. The lowest BCUT2D eigenvalue weighted by atomic mass is 10.0. The van der Waals surface area contributed by atoms with Gasteiger partial charge in [-0.25, -0.2) is 4.98 Å². The number of aryl methyl sites for hydroxylation is 2. The Morgan fingerprint density at radius 3 is 2.79 bits per heavy atom. The third-order valence-corrected chi connectivity index (χ3v) is 6.10. The van der Waals surface area contributed by atoms with Crippen LogP contribution in [0, 0.1) is 13.8 Å². The molecule has 1 aromatic carbocycles. The van der Waals surface area contributed by atoms with Gasteiger partial charge in [-0.05, 0) is 43.9 Å². The first-order valence-corrected chi connectivity index (χ1v) is 9.48. The van der Waals surface area contributed by atoms with Gasteiger partial charge in [0.1, 0.15) is 11.0 Å². The monoisotopic (exact) mass is 358 g/mol. The van der Waals surface area contributed by atoms with Crippen LogP contribution in [0.4, 0.5) is 0 Å². The van der Waals surface area contributed by atoms with E-state index < -0.39 is 0 Å². The van der Waals surface area contributed by atoms with E-state index in [1.807, 2.05) is 7.05 Å². The van der Waals surface area contributed by atoms with Crippen molar-refractivity contribution in [1.29, 1.82) is 0 Å². The van der Waals surface area contributed by atoms with Crippen molar-refractivity contribution in [2.75, 3.05) is 0 Å². The van der Waals surface area contributed by atoms with Crippen molar-refractivity contribution in [2.45, 2.75) is 43.5 Å². The standard InChI is InChI=1S/C18H19ClN4S/c1-10-4-5-13-8-14(16(19)20-15(13)11(10)2)9-24-18-22-21-17(23(18)3)12-6-7-12/h4-5,8,12H,6-7,9H2,1-3H3. The van der Waals surface area contributed by atoms with E-state index in [0.717, 1.165) is 33.2 Å². The van der Waals surface area contributed by atoms with Crippen LogP contribution in [0.25, 0.3) is 10.9 Å². The number of benzene rings is 1. The predicted molar refractivity (Wildman–Crippen MR) is 98.8 cm³/mol. The highest BCUT2D eigenvalue weighted by molar-refractivity contribution is 7.98. The molecule has 2 heterocycles. The molecular weight excluding hydrogens is 340 g/mol. The smallest absolute Gasteiger partial charge is 0.191 e. The Balaban J connectivity index is 1.60. The molecule has 0 spiro atoms. The second-order valence-corrected chi connectivity index (χ2v) is 7.78. The summed E-state index contributed by atoms with van der Waals surface area (Å²) in [6.45, 7) is 4.19. The lowest BCUT2D eigenvalue weighted by Crippen LogP contribution is -1.98. The van der Waals surface area contributed by atoms with Crippen molar-refractivity contribution in [1.82, 2.24) is 19.7 Å². The first-order valence-electron chi connectivity index (χ1n) is 8.12. The van der Waals surface area contributed by atoms with Crippen LogP contribution in [-0.2, 0) is 12.8 Å². The van der Waals surface area contributed by atoms with Gasteiger partial charge in [0.05, 0.1) is 5.52 Å². The van der Waals surface area contributed by atoms with E-state index in [1.54, 1.807) is 11.8 Å². The van der Waals surface area contributed by atoms with Gasteiger partial charge in [0.15, 0.2) is 5.16 Å². The summed E-state index contributed by atoms with van der Waals surface area (Å²) >= 11 is 8.09. The van der Waals surface area contributed by atoms with Gasteiger partial charge in [0, 0.05) is 29.7 Å². The highest BCUT2D eigenvalue weighted by atomic mass is 35.5. The number of fused-ring (bicyclic) bond motifs is 1. The Morgan fingerprint density at radius 1 is 1.25 bits per heavy atom. The van der Waals surface area contributed by atoms with Crippen molar-refractivity contribution < 1.29 is 0 Å². The highest BCUT2D eigenvalue weighted by Gasteiger charge is 2.29. The number of thioether (sulfide) groups is 1. The summed E-state index contributed by atoms with van der Waals surface area (Å²) in [4.78, 5) is 4.62. The van der Waals surface area contributed by atoms with Gasteiger partial charge in [0.2, 0.25) is 0 Å². The van der Waals surface area contributed by atoms with Crippen molar-refractivity contribution >= 4 is 34.3 Å². The molecule has 1 aliphatic rings. The minimum atomic E-state index is 0.577. The maximum Gasteiger partial charge on any atom is 0.191 e. The van der Waals surface area contributed by atoms with Crippen molar-refractivity contribution in [3.63, 3.8) is 0 Å². The van der Waals surface area contributed by atoms with E-state index in [-0.39, 0.29) is 0 Å². The molecule has 4 nitrogen and oxygen atoms in total. The Hall–Kier alpha value is -1.59. The van der Waals surface area contributed by atoms with E-state index in [2.05, 4.69) is 51.8 Å². The Kier molecular flexibility index (Phi) is 4.01. The third kappa shape index (κ3) is 2.80. The molecule has 0 saturated heterocycles. The molecule has 0 N–H and O–H groups in total. The van der Waals surface area contributed by atoms with Gasteiger partial charge < -0.3 is 4.57 Å². The van der Waals surface area contributed by atoms with E-state index in [4.69, 9.17) is 11.6 Å². The van der Waals surface area contributed by atoms with Gasteiger partial charge in [-0.1, -0.05) is 35.5 Å². The molecule has 6 heteroatoms. The molecule has 1 fully saturated rings. The second-order valence-electron chi connectivity index (χ2n) is 6.48. The number of nitrogens with zero attached hydrogens (tertiary/aromatic N) is 4. The molecule has 2 aromatic heterocycles. The number of pyridine rings is 1. The maximum atomic E-state index is 6.43. The largest absolute Gasteiger partial charge is 0.309 e. The van der Waals surface area contributed by atoms with Gasteiger partial charge in [-0.15, -0.1) is 10.2 Å². The zero-order valence-corrected chi connectivity index (χ0v) is 15.6. The van der Waals surface area contributed by atoms with Gasteiger partial charge in [-0.3, -0.25) is 0 Å². The number of hydrogen-bond acceptors (Lipinski definition) is 4. The Bertz CT molecular complexity index is 930. The molecule has 24 heavy (non-hydrogen) atoms. The number of hydrogen-bond donors (Lipinski definition) is 0. The fourth-order valence-electron chi connectivity index (χ4n) is 2.90. The zero-order valence-electron chi connectivity index (χ0n) is 14.0. The van der Waals surface area contributed by atoms with Crippen LogP contribution >= 0.6 is 23.4 Å². The Morgan fingerprint density at radius 2 is 2.04 bits per heavy atom. The van der Waals surface area contributed by atoms with Crippen molar-refractivity contribution in [2.24, 2.45) is 7.05 Å². The average molecular weight is 359 g/mol. The summed E-state index contributed by atoms with van der Waals surface area (Å²) in [6.07, 6.45) is 2.46.